The van der Waals surface area contributed by atoms with E-state index in [0.29, 0.717) is 5.41 Å². The molecule has 6 rings (SSSR count). The van der Waals surface area contributed by atoms with Crippen LogP contribution in [0.2, 0.25) is 0 Å². The van der Waals surface area contributed by atoms with Crippen LogP contribution in [-0.4, -0.2) is 13.7 Å². The molecule has 0 saturated heterocycles. The molecule has 63 valence electrons. The summed E-state index contributed by atoms with van der Waals surface area (Å²) in [6.45, 7) is 5.48. The standard InChI is InChI=1S/C11H13O/c1-10-4-7-5(10)9-6(10)8(4)11(7,9)3-12-2/h4-9H,1,3H2,2H3. The third-order valence-corrected chi connectivity index (χ3v) is 6.44. The van der Waals surface area contributed by atoms with Gasteiger partial charge >= 0.3 is 0 Å². The van der Waals surface area contributed by atoms with Gasteiger partial charge in [0.15, 0.2) is 0 Å². The smallest absolute Gasteiger partial charge is 0.0527 e. The van der Waals surface area contributed by atoms with Gasteiger partial charge in [-0.1, -0.05) is 0 Å². The van der Waals surface area contributed by atoms with Crippen LogP contribution in [0.25, 0.3) is 0 Å². The van der Waals surface area contributed by atoms with E-state index >= 15 is 0 Å². The maximum Gasteiger partial charge on any atom is 0.0527 e. The van der Waals surface area contributed by atoms with Gasteiger partial charge in [-0.25, -0.2) is 0 Å². The quantitative estimate of drug-likeness (QED) is 0.591. The van der Waals surface area contributed by atoms with Crippen molar-refractivity contribution in [2.24, 2.45) is 46.3 Å². The molecule has 1 radical (unpaired) electrons. The van der Waals surface area contributed by atoms with Crippen LogP contribution < -0.4 is 0 Å². The second-order valence-corrected chi connectivity index (χ2v) is 5.81. The minimum Gasteiger partial charge on any atom is -0.384 e. The van der Waals surface area contributed by atoms with Crippen molar-refractivity contribution in [2.75, 3.05) is 13.7 Å². The number of rotatable bonds is 2. The zero-order valence-electron chi connectivity index (χ0n) is 7.29. The van der Waals surface area contributed by atoms with Crippen LogP contribution in [0.3, 0.4) is 0 Å². The Labute approximate surface area is 72.5 Å². The van der Waals surface area contributed by atoms with Gasteiger partial charge in [0, 0.05) is 12.5 Å². The van der Waals surface area contributed by atoms with E-state index in [4.69, 9.17) is 4.74 Å². The minimum absolute atomic E-state index is 0.634. The molecule has 0 N–H and O–H groups in total. The summed E-state index contributed by atoms with van der Waals surface area (Å²) in [5.41, 5.74) is 1.36. The molecule has 0 heterocycles. The Kier molecular flexibility index (Phi) is 0.500. The van der Waals surface area contributed by atoms with Crippen molar-refractivity contribution in [3.63, 3.8) is 0 Å². The minimum atomic E-state index is 0.634. The van der Waals surface area contributed by atoms with Crippen molar-refractivity contribution in [1.29, 1.82) is 0 Å². The molecule has 0 amide bonds. The summed E-state index contributed by atoms with van der Waals surface area (Å²) in [5.74, 6) is 6.42. The average molecular weight is 161 g/mol. The van der Waals surface area contributed by atoms with Crippen LogP contribution in [0.1, 0.15) is 0 Å². The number of hydrogen-bond donors (Lipinski definition) is 0. The van der Waals surface area contributed by atoms with Crippen LogP contribution in [0.4, 0.5) is 0 Å². The summed E-state index contributed by atoms with van der Waals surface area (Å²) in [4.78, 5) is 0. The van der Waals surface area contributed by atoms with E-state index in [1.165, 1.54) is 0 Å². The Morgan fingerprint density at radius 3 is 2.00 bits per heavy atom. The van der Waals surface area contributed by atoms with Crippen molar-refractivity contribution < 1.29 is 4.74 Å². The van der Waals surface area contributed by atoms with Gasteiger partial charge in [-0.3, -0.25) is 0 Å². The summed E-state index contributed by atoms with van der Waals surface area (Å²) >= 11 is 0. The molecule has 6 aliphatic carbocycles. The molecule has 1 nitrogen and oxygen atoms in total. The first kappa shape index (κ1) is 5.64. The first-order valence-corrected chi connectivity index (χ1v) is 5.14. The SMILES string of the molecule is [CH2]C12C3C4C1C1C2C3C41COC. The molecule has 0 aromatic carbocycles. The molecular formula is C11H13O. The number of methoxy groups -OCH3 is 1. The fourth-order valence-corrected chi connectivity index (χ4v) is 6.51. The van der Waals surface area contributed by atoms with E-state index in [1.54, 1.807) is 0 Å². The molecule has 0 aromatic heterocycles. The highest BCUT2D eigenvalue weighted by molar-refractivity contribution is 5.55. The monoisotopic (exact) mass is 161 g/mol. The zero-order valence-corrected chi connectivity index (χ0v) is 7.29. The first-order valence-electron chi connectivity index (χ1n) is 5.14. The topological polar surface area (TPSA) is 9.23 Å². The van der Waals surface area contributed by atoms with Crippen molar-refractivity contribution in [2.45, 2.75) is 0 Å². The summed E-state index contributed by atoms with van der Waals surface area (Å²) in [6.07, 6.45) is 0. The molecule has 0 atom stereocenters. The van der Waals surface area contributed by atoms with E-state index in [0.717, 1.165) is 47.5 Å². The Hall–Kier alpha value is -0.0400. The van der Waals surface area contributed by atoms with Crippen LogP contribution in [0, 0.1) is 53.3 Å². The molecule has 6 aliphatic rings. The molecule has 0 unspecified atom stereocenters. The van der Waals surface area contributed by atoms with Gasteiger partial charge in [0.25, 0.3) is 0 Å². The van der Waals surface area contributed by atoms with Gasteiger partial charge in [-0.15, -0.1) is 0 Å². The van der Waals surface area contributed by atoms with Crippen LogP contribution >= 0.6 is 0 Å². The Morgan fingerprint density at radius 1 is 1.08 bits per heavy atom. The van der Waals surface area contributed by atoms with Gasteiger partial charge < -0.3 is 4.74 Å². The lowest BCUT2D eigenvalue weighted by molar-refractivity contribution is -0.648. The predicted octanol–water partition coefficient (Wildman–Crippen LogP) is 1.20. The Morgan fingerprint density at radius 2 is 1.58 bits per heavy atom. The van der Waals surface area contributed by atoms with Gasteiger partial charge in [-0.05, 0) is 47.8 Å². The summed E-state index contributed by atoms with van der Waals surface area (Å²) < 4.78 is 5.36. The molecular weight excluding hydrogens is 148 g/mol. The second kappa shape index (κ2) is 1.06. The van der Waals surface area contributed by atoms with Gasteiger partial charge in [0.1, 0.15) is 0 Å². The summed E-state index contributed by atoms with van der Waals surface area (Å²) in [6, 6.07) is 0. The van der Waals surface area contributed by atoms with E-state index in [9.17, 15) is 0 Å². The van der Waals surface area contributed by atoms with Gasteiger partial charge in [-0.2, -0.15) is 0 Å². The van der Waals surface area contributed by atoms with Gasteiger partial charge in [0.2, 0.25) is 0 Å². The largest absolute Gasteiger partial charge is 0.384 e. The van der Waals surface area contributed by atoms with Crippen LogP contribution in [0.5, 0.6) is 0 Å². The van der Waals surface area contributed by atoms with Crippen molar-refractivity contribution >= 4 is 0 Å². The molecule has 0 aromatic rings. The molecule has 0 bridgehead atoms. The molecule has 0 spiro atoms. The van der Waals surface area contributed by atoms with E-state index in [2.05, 4.69) is 6.92 Å². The lowest BCUT2D eigenvalue weighted by Gasteiger charge is -3.11. The maximum absolute atomic E-state index is 5.36. The number of hydrogen-bond acceptors (Lipinski definition) is 1. The maximum atomic E-state index is 5.36. The lowest BCUT2D eigenvalue weighted by Crippen LogP contribution is -3.09. The van der Waals surface area contributed by atoms with Crippen molar-refractivity contribution in [3.05, 3.63) is 6.92 Å². The highest BCUT2D eigenvalue weighted by Gasteiger charge is 3.08. The average Bonchev–Trinajstić information content (AvgIpc) is 2.11. The molecule has 6 saturated carbocycles. The molecule has 1 heteroatoms. The fraction of sp³-hybridized carbons (Fsp3) is 0.909. The fourth-order valence-electron chi connectivity index (χ4n) is 6.51. The molecule has 6 fully saturated rings. The highest BCUT2D eigenvalue weighted by atomic mass is 16.5. The third kappa shape index (κ3) is 0.195. The van der Waals surface area contributed by atoms with Crippen LogP contribution in [-0.2, 0) is 4.74 Å². The van der Waals surface area contributed by atoms with E-state index < -0.39 is 0 Å². The van der Waals surface area contributed by atoms with Gasteiger partial charge in [0.05, 0.1) is 6.61 Å². The number of ether oxygens (including phenoxy) is 1. The zero-order chi connectivity index (χ0) is 7.88. The molecule has 0 aliphatic heterocycles. The summed E-state index contributed by atoms with van der Waals surface area (Å²) in [5, 5.41) is 0. The lowest BCUT2D eigenvalue weighted by atomic mass is 8.92. The van der Waals surface area contributed by atoms with E-state index in [-0.39, 0.29) is 0 Å². The van der Waals surface area contributed by atoms with Crippen LogP contribution in [0.15, 0.2) is 0 Å². The van der Waals surface area contributed by atoms with Crippen molar-refractivity contribution in [1.82, 2.24) is 0 Å². The predicted molar refractivity (Wildman–Crippen MR) is 43.0 cm³/mol. The van der Waals surface area contributed by atoms with E-state index in [1.807, 2.05) is 7.11 Å². The normalized spacial score (nSPS) is 88.5. The Balaban J connectivity index is 1.62. The summed E-state index contributed by atoms with van der Waals surface area (Å²) in [7, 11) is 1.86. The second-order valence-electron chi connectivity index (χ2n) is 5.81. The third-order valence-electron chi connectivity index (χ3n) is 6.44. The first-order chi connectivity index (χ1) is 5.79. The van der Waals surface area contributed by atoms with Crippen molar-refractivity contribution in [3.8, 4) is 0 Å². The Bertz CT molecular complexity index is 265. The highest BCUT2D eigenvalue weighted by Crippen LogP contribution is 3.09. The molecule has 12 heavy (non-hydrogen) atoms.